The lowest BCUT2D eigenvalue weighted by atomic mass is 9.98. The van der Waals surface area contributed by atoms with E-state index in [1.165, 1.54) is 4.90 Å². The summed E-state index contributed by atoms with van der Waals surface area (Å²) in [5.74, 6) is -1.34. The molecule has 33 heavy (non-hydrogen) atoms. The minimum absolute atomic E-state index is 0.112. The van der Waals surface area contributed by atoms with Gasteiger partial charge in [0.1, 0.15) is 12.1 Å². The van der Waals surface area contributed by atoms with E-state index < -0.39 is 18.0 Å². The van der Waals surface area contributed by atoms with Gasteiger partial charge in [-0.15, -0.1) is 0 Å². The summed E-state index contributed by atoms with van der Waals surface area (Å²) in [7, 11) is 0. The number of nitrogens with zero attached hydrogens (tertiary/aromatic N) is 1. The summed E-state index contributed by atoms with van der Waals surface area (Å²) in [6.45, 7) is 6.00. The first-order chi connectivity index (χ1) is 15.7. The van der Waals surface area contributed by atoms with Crippen molar-refractivity contribution in [2.45, 2.75) is 77.5 Å². The maximum absolute atomic E-state index is 13.5. The molecule has 0 saturated carbocycles. The van der Waals surface area contributed by atoms with Crippen molar-refractivity contribution in [2.24, 2.45) is 5.92 Å². The van der Waals surface area contributed by atoms with Crippen LogP contribution in [0.2, 0.25) is 0 Å². The molecule has 4 atom stereocenters. The Bertz CT molecular complexity index is 911. The number of hydrogen-bond donors (Lipinski definition) is 1. The fourth-order valence-corrected chi connectivity index (χ4v) is 4.49. The number of fused-ring (bicyclic) bond motifs is 1. The maximum Gasteiger partial charge on any atom is 0.329 e. The van der Waals surface area contributed by atoms with Crippen molar-refractivity contribution >= 4 is 23.6 Å². The molecule has 0 spiro atoms. The number of cyclic esters (lactones) is 1. The normalized spacial score (nSPS) is 28.1. The highest BCUT2D eigenvalue weighted by Gasteiger charge is 2.39. The summed E-state index contributed by atoms with van der Waals surface area (Å²) in [6.07, 6.45) is 4.19. The minimum Gasteiger partial charge on any atom is -0.461 e. The Labute approximate surface area is 195 Å². The number of carbonyl (C=O) groups is 4. The van der Waals surface area contributed by atoms with E-state index in [2.05, 4.69) is 5.32 Å². The van der Waals surface area contributed by atoms with E-state index in [4.69, 9.17) is 4.74 Å². The van der Waals surface area contributed by atoms with E-state index in [0.29, 0.717) is 31.4 Å². The Morgan fingerprint density at radius 3 is 2.48 bits per heavy atom. The summed E-state index contributed by atoms with van der Waals surface area (Å²) < 4.78 is 5.68. The molecule has 1 N–H and O–H groups in total. The highest BCUT2D eigenvalue weighted by Crippen LogP contribution is 2.23. The van der Waals surface area contributed by atoms with Crippen LogP contribution in [0.5, 0.6) is 0 Å². The van der Waals surface area contributed by atoms with Crippen molar-refractivity contribution in [3.63, 3.8) is 0 Å². The number of esters is 1. The van der Waals surface area contributed by atoms with Crippen LogP contribution >= 0.6 is 0 Å². The molecule has 1 aromatic carbocycles. The minimum atomic E-state index is -0.866. The van der Waals surface area contributed by atoms with Gasteiger partial charge in [-0.1, -0.05) is 43.3 Å². The molecule has 0 aromatic heterocycles. The van der Waals surface area contributed by atoms with Gasteiger partial charge in [-0.3, -0.25) is 14.4 Å². The second-order valence-electron chi connectivity index (χ2n) is 9.25. The molecule has 0 aliphatic carbocycles. The van der Waals surface area contributed by atoms with Crippen molar-refractivity contribution in [2.75, 3.05) is 6.54 Å². The number of ketones is 1. The second-order valence-corrected chi connectivity index (χ2v) is 9.25. The third-order valence-electron chi connectivity index (χ3n) is 6.37. The van der Waals surface area contributed by atoms with E-state index in [0.717, 1.165) is 12.0 Å². The number of hydrogen-bond acceptors (Lipinski definition) is 5. The van der Waals surface area contributed by atoms with Crippen molar-refractivity contribution in [3.8, 4) is 0 Å². The Morgan fingerprint density at radius 1 is 1.03 bits per heavy atom. The summed E-state index contributed by atoms with van der Waals surface area (Å²) in [6, 6.07) is 7.87. The van der Waals surface area contributed by atoms with E-state index in [-0.39, 0.29) is 42.5 Å². The number of nitrogens with one attached hydrogen (secondary N) is 1. The summed E-state index contributed by atoms with van der Waals surface area (Å²) in [5, 5.41) is 2.77. The van der Waals surface area contributed by atoms with E-state index in [1.807, 2.05) is 50.3 Å². The molecule has 2 heterocycles. The molecule has 7 nitrogen and oxygen atoms in total. The number of benzene rings is 1. The predicted octanol–water partition coefficient (Wildman–Crippen LogP) is 2.97. The zero-order valence-electron chi connectivity index (χ0n) is 19.7. The van der Waals surface area contributed by atoms with Gasteiger partial charge >= 0.3 is 5.97 Å². The number of carbonyl (C=O) groups excluding carboxylic acids is 4. The average Bonchev–Trinajstić information content (AvgIpc) is 3.27. The van der Waals surface area contributed by atoms with Gasteiger partial charge in [0, 0.05) is 13.0 Å². The van der Waals surface area contributed by atoms with Gasteiger partial charge < -0.3 is 15.0 Å². The fourth-order valence-electron chi connectivity index (χ4n) is 4.49. The Balaban J connectivity index is 1.89. The molecule has 2 aliphatic heterocycles. The molecule has 0 bridgehead atoms. The van der Waals surface area contributed by atoms with Crippen LogP contribution in [-0.4, -0.2) is 53.2 Å². The SMILES string of the molecule is CC1=CC(C)CCC(C)OC(=O)C2CCCN2C(=O)C(Cc2ccccc2)NC(=O)CC1=O. The monoisotopic (exact) mass is 454 g/mol. The molecule has 178 valence electrons. The fraction of sp³-hybridized carbons (Fsp3) is 0.538. The van der Waals surface area contributed by atoms with Gasteiger partial charge in [-0.25, -0.2) is 4.79 Å². The van der Waals surface area contributed by atoms with Gasteiger partial charge in [0.05, 0.1) is 12.5 Å². The highest BCUT2D eigenvalue weighted by atomic mass is 16.5. The third kappa shape index (κ3) is 6.76. The topological polar surface area (TPSA) is 92.8 Å². The molecule has 2 amide bonds. The number of ether oxygens (including phenoxy) is 1. The standard InChI is InChI=1S/C26H34N2O5/c1-17-11-12-19(3)33-26(32)22-10-7-13-28(22)25(31)21(15-20-8-5-4-6-9-20)27-24(30)16-23(29)18(2)14-17/h4-6,8-9,14,17,19,21-22H,7,10-13,15-16H2,1-3H3,(H,27,30). The second kappa shape index (κ2) is 11.3. The van der Waals surface area contributed by atoms with Gasteiger partial charge in [-0.05, 0) is 56.6 Å². The summed E-state index contributed by atoms with van der Waals surface area (Å²) in [4.78, 5) is 53.3. The van der Waals surface area contributed by atoms with Crippen LogP contribution in [0.25, 0.3) is 0 Å². The lowest BCUT2D eigenvalue weighted by molar-refractivity contribution is -0.158. The highest BCUT2D eigenvalue weighted by molar-refractivity contribution is 6.07. The van der Waals surface area contributed by atoms with Crippen molar-refractivity contribution in [1.29, 1.82) is 0 Å². The quantitative estimate of drug-likeness (QED) is 0.548. The Kier molecular flexibility index (Phi) is 8.42. The van der Waals surface area contributed by atoms with Crippen molar-refractivity contribution in [1.82, 2.24) is 10.2 Å². The van der Waals surface area contributed by atoms with Crippen LogP contribution in [-0.2, 0) is 30.3 Å². The summed E-state index contributed by atoms with van der Waals surface area (Å²) in [5.41, 5.74) is 1.41. The molecule has 1 aromatic rings. The molecule has 1 saturated heterocycles. The van der Waals surface area contributed by atoms with Crippen LogP contribution in [0.4, 0.5) is 0 Å². The van der Waals surface area contributed by atoms with Gasteiger partial charge in [0.15, 0.2) is 5.78 Å². The molecule has 3 rings (SSSR count). The van der Waals surface area contributed by atoms with Crippen LogP contribution < -0.4 is 5.32 Å². The van der Waals surface area contributed by atoms with Gasteiger partial charge in [0.25, 0.3) is 0 Å². The van der Waals surface area contributed by atoms with Gasteiger partial charge in [0.2, 0.25) is 11.8 Å². The van der Waals surface area contributed by atoms with E-state index in [9.17, 15) is 19.2 Å². The van der Waals surface area contributed by atoms with Crippen LogP contribution in [0.3, 0.4) is 0 Å². The first kappa shape index (κ1) is 24.7. The Hall–Kier alpha value is -2.96. The van der Waals surface area contributed by atoms with Crippen molar-refractivity contribution < 1.29 is 23.9 Å². The Morgan fingerprint density at radius 2 is 1.76 bits per heavy atom. The van der Waals surface area contributed by atoms with E-state index in [1.54, 1.807) is 6.92 Å². The smallest absolute Gasteiger partial charge is 0.329 e. The molecular weight excluding hydrogens is 420 g/mol. The lowest BCUT2D eigenvalue weighted by Crippen LogP contribution is -2.53. The first-order valence-corrected chi connectivity index (χ1v) is 11.8. The van der Waals surface area contributed by atoms with Crippen LogP contribution in [0.1, 0.15) is 58.4 Å². The largest absolute Gasteiger partial charge is 0.461 e. The predicted molar refractivity (Wildman–Crippen MR) is 124 cm³/mol. The van der Waals surface area contributed by atoms with Gasteiger partial charge in [-0.2, -0.15) is 0 Å². The zero-order valence-corrected chi connectivity index (χ0v) is 19.7. The molecule has 0 radical (unpaired) electrons. The molecule has 7 heteroatoms. The third-order valence-corrected chi connectivity index (χ3v) is 6.37. The number of rotatable bonds is 2. The maximum atomic E-state index is 13.5. The number of amides is 2. The lowest BCUT2D eigenvalue weighted by Gasteiger charge is -2.29. The number of allylic oxidation sites excluding steroid dienone is 2. The molecule has 2 aliphatic rings. The van der Waals surface area contributed by atoms with E-state index >= 15 is 0 Å². The average molecular weight is 455 g/mol. The zero-order chi connectivity index (χ0) is 24.0. The number of Topliss-reactive ketones (excluding diaryl/α,β-unsaturated/α-hetero) is 1. The summed E-state index contributed by atoms with van der Waals surface area (Å²) >= 11 is 0. The molecular formula is C26H34N2O5. The molecule has 4 unspecified atom stereocenters. The first-order valence-electron chi connectivity index (χ1n) is 11.8. The van der Waals surface area contributed by atoms with Crippen LogP contribution in [0.15, 0.2) is 42.0 Å². The van der Waals surface area contributed by atoms with Crippen LogP contribution in [0, 0.1) is 5.92 Å². The molecule has 1 fully saturated rings. The van der Waals surface area contributed by atoms with Crippen molar-refractivity contribution in [3.05, 3.63) is 47.5 Å².